The van der Waals surface area contributed by atoms with E-state index < -0.39 is 0 Å². The number of rotatable bonds is 3. The number of aryl methyl sites for hydroxylation is 2. The molecule has 0 unspecified atom stereocenters. The van der Waals surface area contributed by atoms with Crippen LogP contribution >= 0.6 is 0 Å². The Hall–Kier alpha value is -3.22. The molecule has 1 saturated heterocycles. The van der Waals surface area contributed by atoms with Crippen LogP contribution in [0.1, 0.15) is 47.1 Å². The van der Waals surface area contributed by atoms with E-state index >= 15 is 0 Å². The molecule has 7 heteroatoms. The van der Waals surface area contributed by atoms with Gasteiger partial charge in [-0.3, -0.25) is 14.6 Å². The second-order valence-corrected chi connectivity index (χ2v) is 8.22. The van der Waals surface area contributed by atoms with Gasteiger partial charge < -0.3 is 13.9 Å². The van der Waals surface area contributed by atoms with E-state index in [2.05, 4.69) is 16.0 Å². The van der Waals surface area contributed by atoms with Crippen molar-refractivity contribution in [3.63, 3.8) is 0 Å². The first-order valence-corrected chi connectivity index (χ1v) is 10.4. The van der Waals surface area contributed by atoms with Crippen molar-refractivity contribution >= 4 is 5.91 Å². The molecule has 0 aromatic carbocycles. The number of pyridine rings is 2. The molecule has 0 radical (unpaired) electrons. The summed E-state index contributed by atoms with van der Waals surface area (Å²) < 4.78 is 7.58. The molecule has 0 N–H and O–H groups in total. The van der Waals surface area contributed by atoms with Gasteiger partial charge in [0, 0.05) is 55.5 Å². The number of fused-ring (bicyclic) bond motifs is 4. The Morgan fingerprint density at radius 1 is 1.23 bits per heavy atom. The summed E-state index contributed by atoms with van der Waals surface area (Å²) in [4.78, 5) is 36.6. The second-order valence-electron chi connectivity index (χ2n) is 8.22. The fraction of sp³-hybridized carbons (Fsp3) is 0.391. The van der Waals surface area contributed by atoms with Crippen molar-refractivity contribution in [3.05, 3.63) is 69.9 Å². The summed E-state index contributed by atoms with van der Waals surface area (Å²) in [6, 6.07) is 9.42. The number of hydrogen-bond donors (Lipinski definition) is 0. The predicted octanol–water partition coefficient (Wildman–Crippen LogP) is 3.03. The molecular formula is C23H24N4O3. The molecule has 5 rings (SSSR count). The lowest BCUT2D eigenvalue weighted by Gasteiger charge is -2.42. The van der Waals surface area contributed by atoms with Crippen LogP contribution in [0.5, 0.6) is 0 Å². The van der Waals surface area contributed by atoms with E-state index in [9.17, 15) is 9.59 Å². The van der Waals surface area contributed by atoms with Crippen LogP contribution in [0.15, 0.2) is 45.7 Å². The number of nitrogens with zero attached hydrogens (tertiary/aromatic N) is 4. The van der Waals surface area contributed by atoms with Gasteiger partial charge in [-0.05, 0) is 37.5 Å². The normalized spacial score (nSPS) is 20.1. The van der Waals surface area contributed by atoms with Crippen molar-refractivity contribution < 1.29 is 9.21 Å². The summed E-state index contributed by atoms with van der Waals surface area (Å²) in [5, 5.41) is 0. The number of carbonyl (C=O) groups excluding carboxylic acids is 1. The van der Waals surface area contributed by atoms with E-state index in [1.807, 2.05) is 41.5 Å². The van der Waals surface area contributed by atoms with Crippen LogP contribution in [0.25, 0.3) is 11.3 Å². The van der Waals surface area contributed by atoms with Crippen LogP contribution in [-0.2, 0) is 13.0 Å². The Bertz CT molecular complexity index is 1160. The van der Waals surface area contributed by atoms with E-state index in [-0.39, 0.29) is 23.3 Å². The van der Waals surface area contributed by atoms with Crippen molar-refractivity contribution in [1.29, 1.82) is 0 Å². The summed E-state index contributed by atoms with van der Waals surface area (Å²) in [6.45, 7) is 5.60. The molecule has 5 heterocycles. The molecule has 2 aliphatic heterocycles. The number of piperidine rings is 1. The first-order chi connectivity index (χ1) is 14.5. The maximum atomic E-state index is 13.2. The Labute approximate surface area is 174 Å². The minimum absolute atomic E-state index is 0.00120. The SMILES string of the molecule is CCc1nc(C)c(C(=O)N2C[C@@H]3C[C@H](C2)c2cc(-c4ccccn4)cc(=O)n2C3)o1. The van der Waals surface area contributed by atoms with Gasteiger partial charge in [-0.15, -0.1) is 0 Å². The number of carbonyl (C=O) groups is 1. The lowest BCUT2D eigenvalue weighted by molar-refractivity contribution is 0.0561. The van der Waals surface area contributed by atoms with Crippen LogP contribution in [0.3, 0.4) is 0 Å². The third-order valence-corrected chi connectivity index (χ3v) is 6.14. The molecule has 0 aliphatic carbocycles. The van der Waals surface area contributed by atoms with Gasteiger partial charge in [-0.25, -0.2) is 4.98 Å². The number of aromatic nitrogens is 3. The molecule has 0 spiro atoms. The van der Waals surface area contributed by atoms with Gasteiger partial charge in [0.05, 0.1) is 11.4 Å². The Kier molecular flexibility index (Phi) is 4.53. The quantitative estimate of drug-likeness (QED) is 0.670. The molecule has 1 amide bonds. The van der Waals surface area contributed by atoms with Crippen LogP contribution in [0.2, 0.25) is 0 Å². The Morgan fingerprint density at radius 2 is 2.10 bits per heavy atom. The van der Waals surface area contributed by atoms with Crippen molar-refractivity contribution in [2.45, 2.75) is 39.2 Å². The predicted molar refractivity (Wildman–Crippen MR) is 111 cm³/mol. The largest absolute Gasteiger partial charge is 0.435 e. The van der Waals surface area contributed by atoms with Crippen molar-refractivity contribution in [2.75, 3.05) is 13.1 Å². The molecule has 30 heavy (non-hydrogen) atoms. The summed E-state index contributed by atoms with van der Waals surface area (Å²) in [6.07, 6.45) is 3.37. The molecular weight excluding hydrogens is 380 g/mol. The summed E-state index contributed by atoms with van der Waals surface area (Å²) in [5.41, 5.74) is 3.24. The average Bonchev–Trinajstić information content (AvgIpc) is 3.15. The van der Waals surface area contributed by atoms with Gasteiger partial charge in [0.15, 0.2) is 5.89 Å². The van der Waals surface area contributed by atoms with E-state index in [0.29, 0.717) is 43.4 Å². The molecule has 2 atom stereocenters. The zero-order valence-corrected chi connectivity index (χ0v) is 17.2. The van der Waals surface area contributed by atoms with Gasteiger partial charge in [-0.2, -0.15) is 0 Å². The Morgan fingerprint density at radius 3 is 2.83 bits per heavy atom. The van der Waals surface area contributed by atoms with Crippen molar-refractivity contribution in [3.8, 4) is 11.3 Å². The third kappa shape index (κ3) is 3.14. The van der Waals surface area contributed by atoms with Crippen LogP contribution in [0, 0.1) is 12.8 Å². The summed E-state index contributed by atoms with van der Waals surface area (Å²) in [7, 11) is 0. The lowest BCUT2D eigenvalue weighted by Crippen LogP contribution is -2.49. The highest BCUT2D eigenvalue weighted by atomic mass is 16.4. The fourth-order valence-corrected chi connectivity index (χ4v) is 4.75. The fourth-order valence-electron chi connectivity index (χ4n) is 4.75. The molecule has 3 aromatic heterocycles. The van der Waals surface area contributed by atoms with E-state index in [0.717, 1.165) is 23.4 Å². The molecule has 2 aliphatic rings. The molecule has 7 nitrogen and oxygen atoms in total. The molecule has 3 aromatic rings. The number of oxazole rings is 1. The number of hydrogen-bond acceptors (Lipinski definition) is 5. The average molecular weight is 404 g/mol. The smallest absolute Gasteiger partial charge is 0.291 e. The van der Waals surface area contributed by atoms with Gasteiger partial charge >= 0.3 is 0 Å². The summed E-state index contributed by atoms with van der Waals surface area (Å²) >= 11 is 0. The highest BCUT2D eigenvalue weighted by Crippen LogP contribution is 2.37. The van der Waals surface area contributed by atoms with Gasteiger partial charge in [0.1, 0.15) is 0 Å². The van der Waals surface area contributed by atoms with Gasteiger partial charge in [-0.1, -0.05) is 13.0 Å². The standard InChI is InChI=1S/C23H24N4O3/c1-3-20-25-14(2)22(30-20)23(29)26-11-15-8-17(13-26)19-9-16(10-21(28)27(19)12-15)18-6-4-5-7-24-18/h4-7,9-10,15,17H,3,8,11-13H2,1-2H3/t15-,17+/m0/s1. The molecule has 2 bridgehead atoms. The molecule has 1 fully saturated rings. The first-order valence-electron chi connectivity index (χ1n) is 10.4. The molecule has 154 valence electrons. The lowest BCUT2D eigenvalue weighted by atomic mass is 9.82. The zero-order chi connectivity index (χ0) is 20.8. The summed E-state index contributed by atoms with van der Waals surface area (Å²) in [5.74, 6) is 1.20. The highest BCUT2D eigenvalue weighted by Gasteiger charge is 2.38. The minimum atomic E-state index is -0.105. The van der Waals surface area contributed by atoms with Crippen LogP contribution in [-0.4, -0.2) is 38.4 Å². The third-order valence-electron chi connectivity index (χ3n) is 6.14. The van der Waals surface area contributed by atoms with Gasteiger partial charge in [0.2, 0.25) is 5.76 Å². The van der Waals surface area contributed by atoms with E-state index in [4.69, 9.17) is 4.42 Å². The molecule has 0 saturated carbocycles. The van der Waals surface area contributed by atoms with Crippen molar-refractivity contribution in [1.82, 2.24) is 19.4 Å². The van der Waals surface area contributed by atoms with E-state index in [1.165, 1.54) is 0 Å². The zero-order valence-electron chi connectivity index (χ0n) is 17.2. The number of likely N-dealkylation sites (tertiary alicyclic amines) is 1. The van der Waals surface area contributed by atoms with Crippen LogP contribution < -0.4 is 5.56 Å². The maximum Gasteiger partial charge on any atom is 0.291 e. The maximum absolute atomic E-state index is 13.2. The van der Waals surface area contributed by atoms with E-state index in [1.54, 1.807) is 12.3 Å². The van der Waals surface area contributed by atoms with Crippen LogP contribution in [0.4, 0.5) is 0 Å². The number of amides is 1. The van der Waals surface area contributed by atoms with Gasteiger partial charge in [0.25, 0.3) is 11.5 Å². The highest BCUT2D eigenvalue weighted by molar-refractivity contribution is 5.92. The monoisotopic (exact) mass is 404 g/mol. The Balaban J connectivity index is 1.48. The topological polar surface area (TPSA) is 81.2 Å². The second kappa shape index (κ2) is 7.23. The minimum Gasteiger partial charge on any atom is -0.435 e. The first kappa shape index (κ1) is 18.8. The van der Waals surface area contributed by atoms with Crippen molar-refractivity contribution in [2.24, 2.45) is 5.92 Å².